The van der Waals surface area contributed by atoms with Crippen LogP contribution >= 0.6 is 0 Å². The number of nitro benzene ring substituents is 1. The summed E-state index contributed by atoms with van der Waals surface area (Å²) in [5, 5.41) is 15.0. The van der Waals surface area contributed by atoms with Crippen LogP contribution in [0.1, 0.15) is 28.4 Å². The van der Waals surface area contributed by atoms with Gasteiger partial charge in [-0.25, -0.2) is 5.43 Å². The van der Waals surface area contributed by atoms with Gasteiger partial charge in [-0.1, -0.05) is 12.1 Å². The average molecular weight is 341 g/mol. The summed E-state index contributed by atoms with van der Waals surface area (Å²) in [5.41, 5.74) is 4.39. The summed E-state index contributed by atoms with van der Waals surface area (Å²) in [4.78, 5) is 22.8. The highest BCUT2D eigenvalue weighted by molar-refractivity contribution is 6.01. The maximum Gasteiger partial charge on any atom is 0.272 e. The lowest BCUT2D eigenvalue weighted by atomic mass is 10.1. The summed E-state index contributed by atoms with van der Waals surface area (Å²) in [7, 11) is 0. The third kappa shape index (κ3) is 3.42. The molecule has 0 fully saturated rings. The Morgan fingerprint density at radius 1 is 1.16 bits per heavy atom. The minimum atomic E-state index is -0.447. The van der Waals surface area contributed by atoms with E-state index in [0.717, 1.165) is 0 Å². The second-order valence-corrected chi connectivity index (χ2v) is 5.46. The fraction of sp³-hybridized carbons (Fsp3) is 0.176. The van der Waals surface area contributed by atoms with Crippen LogP contribution in [0.2, 0.25) is 0 Å². The molecule has 0 bridgehead atoms. The standard InChI is InChI=1S/C17H15N3O5/c1-10-3-4-12(7-14(10)20(22)23)11(2)18-19-17(21)13-5-6-15-16(8-13)25-9-24-15/h3-8H,9H2,1-2H3,(H,19,21). The van der Waals surface area contributed by atoms with Crippen molar-refractivity contribution in [2.45, 2.75) is 13.8 Å². The van der Waals surface area contributed by atoms with Crippen LogP contribution in [0.15, 0.2) is 41.5 Å². The van der Waals surface area contributed by atoms with Gasteiger partial charge >= 0.3 is 0 Å². The first-order valence-electron chi connectivity index (χ1n) is 7.45. The summed E-state index contributed by atoms with van der Waals surface area (Å²) in [6.45, 7) is 3.45. The summed E-state index contributed by atoms with van der Waals surface area (Å²) in [6, 6.07) is 9.61. The van der Waals surface area contributed by atoms with Crippen LogP contribution in [0, 0.1) is 17.0 Å². The number of nitro groups is 1. The monoisotopic (exact) mass is 341 g/mol. The second kappa shape index (κ2) is 6.60. The van der Waals surface area contributed by atoms with Crippen molar-refractivity contribution < 1.29 is 19.2 Å². The zero-order valence-electron chi connectivity index (χ0n) is 13.6. The minimum absolute atomic E-state index is 0.00847. The largest absolute Gasteiger partial charge is 0.454 e. The van der Waals surface area contributed by atoms with Gasteiger partial charge in [0, 0.05) is 22.8 Å². The van der Waals surface area contributed by atoms with E-state index in [0.29, 0.717) is 33.9 Å². The van der Waals surface area contributed by atoms with Crippen molar-refractivity contribution >= 4 is 17.3 Å². The van der Waals surface area contributed by atoms with E-state index in [4.69, 9.17) is 9.47 Å². The van der Waals surface area contributed by atoms with Crippen molar-refractivity contribution in [1.82, 2.24) is 5.43 Å². The summed E-state index contributed by atoms with van der Waals surface area (Å²) < 4.78 is 10.4. The number of hydrogen-bond acceptors (Lipinski definition) is 6. The van der Waals surface area contributed by atoms with Crippen LogP contribution in [-0.2, 0) is 0 Å². The lowest BCUT2D eigenvalue weighted by molar-refractivity contribution is -0.385. The molecule has 0 unspecified atom stereocenters. The fourth-order valence-corrected chi connectivity index (χ4v) is 2.33. The molecule has 0 spiro atoms. The van der Waals surface area contributed by atoms with Gasteiger partial charge in [0.1, 0.15) is 0 Å². The van der Waals surface area contributed by atoms with Crippen LogP contribution < -0.4 is 14.9 Å². The molecule has 1 N–H and O–H groups in total. The Kier molecular flexibility index (Phi) is 4.34. The molecule has 0 radical (unpaired) electrons. The summed E-state index contributed by atoms with van der Waals surface area (Å²) in [5.74, 6) is 0.671. The number of fused-ring (bicyclic) bond motifs is 1. The summed E-state index contributed by atoms with van der Waals surface area (Å²) >= 11 is 0. The number of nitrogens with one attached hydrogen (secondary N) is 1. The number of carbonyl (C=O) groups is 1. The lowest BCUT2D eigenvalue weighted by Gasteiger charge is -2.05. The molecule has 0 aromatic heterocycles. The molecule has 3 rings (SSSR count). The number of aryl methyl sites for hydroxylation is 1. The van der Waals surface area contributed by atoms with E-state index < -0.39 is 10.8 Å². The lowest BCUT2D eigenvalue weighted by Crippen LogP contribution is -2.19. The maximum absolute atomic E-state index is 12.2. The van der Waals surface area contributed by atoms with Gasteiger partial charge in [0.15, 0.2) is 11.5 Å². The molecule has 1 heterocycles. The van der Waals surface area contributed by atoms with Gasteiger partial charge in [-0.05, 0) is 32.0 Å². The Bertz CT molecular complexity index is 892. The van der Waals surface area contributed by atoms with E-state index in [1.807, 2.05) is 0 Å². The SMILES string of the molecule is CC(=NNC(=O)c1ccc2c(c1)OCO2)c1ccc(C)c([N+](=O)[O-])c1. The first-order valence-corrected chi connectivity index (χ1v) is 7.45. The van der Waals surface area contributed by atoms with E-state index in [-0.39, 0.29) is 12.5 Å². The van der Waals surface area contributed by atoms with Gasteiger partial charge in [-0.3, -0.25) is 14.9 Å². The first-order chi connectivity index (χ1) is 12.0. The fourth-order valence-electron chi connectivity index (χ4n) is 2.33. The van der Waals surface area contributed by atoms with Crippen molar-refractivity contribution in [3.05, 3.63) is 63.2 Å². The smallest absolute Gasteiger partial charge is 0.272 e. The molecular weight excluding hydrogens is 326 g/mol. The second-order valence-electron chi connectivity index (χ2n) is 5.46. The highest BCUT2D eigenvalue weighted by atomic mass is 16.7. The van der Waals surface area contributed by atoms with Crippen molar-refractivity contribution in [3.8, 4) is 11.5 Å². The predicted molar refractivity (Wildman–Crippen MR) is 90.1 cm³/mol. The highest BCUT2D eigenvalue weighted by Crippen LogP contribution is 2.32. The Hall–Kier alpha value is -3.42. The molecular formula is C17H15N3O5. The molecule has 0 saturated heterocycles. The van der Waals surface area contributed by atoms with Crippen molar-refractivity contribution in [3.63, 3.8) is 0 Å². The molecule has 1 aliphatic rings. The number of nitrogens with zero attached hydrogens (tertiary/aromatic N) is 2. The number of benzene rings is 2. The van der Waals surface area contributed by atoms with E-state index in [1.165, 1.54) is 6.07 Å². The number of amides is 1. The number of rotatable bonds is 4. The molecule has 8 heteroatoms. The predicted octanol–water partition coefficient (Wildman–Crippen LogP) is 2.79. The first kappa shape index (κ1) is 16.4. The zero-order chi connectivity index (χ0) is 18.0. The van der Waals surface area contributed by atoms with Crippen LogP contribution in [0.4, 0.5) is 5.69 Å². The Balaban J connectivity index is 1.76. The van der Waals surface area contributed by atoms with Crippen molar-refractivity contribution in [1.29, 1.82) is 0 Å². The molecule has 0 aliphatic carbocycles. The number of carbonyl (C=O) groups excluding carboxylic acids is 1. The summed E-state index contributed by atoms with van der Waals surface area (Å²) in [6.07, 6.45) is 0. The Labute approximate surface area is 143 Å². The molecule has 1 amide bonds. The van der Waals surface area contributed by atoms with E-state index >= 15 is 0 Å². The third-order valence-electron chi connectivity index (χ3n) is 3.78. The van der Waals surface area contributed by atoms with Gasteiger partial charge in [0.25, 0.3) is 11.6 Å². The molecule has 25 heavy (non-hydrogen) atoms. The van der Waals surface area contributed by atoms with Crippen LogP contribution in [0.5, 0.6) is 11.5 Å². The molecule has 0 atom stereocenters. The van der Waals surface area contributed by atoms with Gasteiger partial charge in [0.05, 0.1) is 10.6 Å². The number of ether oxygens (including phenoxy) is 2. The van der Waals surface area contributed by atoms with E-state index in [2.05, 4.69) is 10.5 Å². The molecule has 2 aromatic rings. The Morgan fingerprint density at radius 3 is 2.64 bits per heavy atom. The normalized spacial score (nSPS) is 12.8. The molecule has 1 aliphatic heterocycles. The topological polar surface area (TPSA) is 103 Å². The molecule has 128 valence electrons. The van der Waals surface area contributed by atoms with Crippen molar-refractivity contribution in [2.75, 3.05) is 6.79 Å². The molecule has 2 aromatic carbocycles. The Morgan fingerprint density at radius 2 is 1.88 bits per heavy atom. The van der Waals surface area contributed by atoms with E-state index in [9.17, 15) is 14.9 Å². The highest BCUT2D eigenvalue weighted by Gasteiger charge is 2.16. The zero-order valence-corrected chi connectivity index (χ0v) is 13.6. The van der Waals surface area contributed by atoms with Crippen molar-refractivity contribution in [2.24, 2.45) is 5.10 Å². The van der Waals surface area contributed by atoms with Gasteiger partial charge < -0.3 is 9.47 Å². The van der Waals surface area contributed by atoms with E-state index in [1.54, 1.807) is 44.2 Å². The van der Waals surface area contributed by atoms with Crippen LogP contribution in [0.3, 0.4) is 0 Å². The van der Waals surface area contributed by atoms with Crippen LogP contribution in [-0.4, -0.2) is 23.3 Å². The van der Waals surface area contributed by atoms with Gasteiger partial charge in [0.2, 0.25) is 6.79 Å². The third-order valence-corrected chi connectivity index (χ3v) is 3.78. The van der Waals surface area contributed by atoms with Gasteiger partial charge in [-0.15, -0.1) is 0 Å². The minimum Gasteiger partial charge on any atom is -0.454 e. The number of hydrogen-bond donors (Lipinski definition) is 1. The molecule has 8 nitrogen and oxygen atoms in total. The van der Waals surface area contributed by atoms with Crippen LogP contribution in [0.25, 0.3) is 0 Å². The number of hydrazone groups is 1. The molecule has 0 saturated carbocycles. The average Bonchev–Trinajstić information content (AvgIpc) is 3.07. The van der Waals surface area contributed by atoms with Gasteiger partial charge in [-0.2, -0.15) is 5.10 Å². The maximum atomic E-state index is 12.2. The quantitative estimate of drug-likeness (QED) is 0.523.